The van der Waals surface area contributed by atoms with Gasteiger partial charge in [0.25, 0.3) is 0 Å². The Kier molecular flexibility index (Phi) is 4.53. The summed E-state index contributed by atoms with van der Waals surface area (Å²) < 4.78 is 8.02. The Morgan fingerprint density at radius 1 is 1.79 bits per heavy atom. The van der Waals surface area contributed by atoms with Crippen LogP contribution in [-0.2, 0) is 11.8 Å². The SMILES string of the molecule is CCOCC(NN)c1c(Br)cnn1C. The van der Waals surface area contributed by atoms with E-state index in [0.29, 0.717) is 13.2 Å². The number of nitrogens with two attached hydrogens (primary N) is 1. The lowest BCUT2D eigenvalue weighted by molar-refractivity contribution is 0.120. The highest BCUT2D eigenvalue weighted by Gasteiger charge is 2.17. The molecule has 1 rings (SSSR count). The molecule has 0 saturated heterocycles. The largest absolute Gasteiger partial charge is 0.380 e. The van der Waals surface area contributed by atoms with Crippen molar-refractivity contribution in [1.82, 2.24) is 15.2 Å². The highest BCUT2D eigenvalue weighted by atomic mass is 79.9. The Morgan fingerprint density at radius 3 is 2.93 bits per heavy atom. The minimum absolute atomic E-state index is 0.0446. The molecule has 14 heavy (non-hydrogen) atoms. The second-order valence-electron chi connectivity index (χ2n) is 2.88. The summed E-state index contributed by atoms with van der Waals surface area (Å²) in [4.78, 5) is 0. The van der Waals surface area contributed by atoms with Gasteiger partial charge in [-0.3, -0.25) is 10.5 Å². The molecule has 0 aromatic carbocycles. The van der Waals surface area contributed by atoms with Crippen molar-refractivity contribution >= 4 is 15.9 Å². The number of aromatic nitrogens is 2. The van der Waals surface area contributed by atoms with Gasteiger partial charge in [-0.25, -0.2) is 5.43 Å². The quantitative estimate of drug-likeness (QED) is 0.607. The van der Waals surface area contributed by atoms with Crippen LogP contribution in [-0.4, -0.2) is 23.0 Å². The zero-order valence-corrected chi connectivity index (χ0v) is 9.91. The van der Waals surface area contributed by atoms with Gasteiger partial charge in [0, 0.05) is 13.7 Å². The number of rotatable bonds is 5. The summed E-state index contributed by atoms with van der Waals surface area (Å²) in [6, 6.07) is -0.0446. The third kappa shape index (κ3) is 2.54. The Bertz CT molecular complexity index is 269. The van der Waals surface area contributed by atoms with Crippen LogP contribution in [0.25, 0.3) is 0 Å². The van der Waals surface area contributed by atoms with Gasteiger partial charge in [-0.2, -0.15) is 5.10 Å². The van der Waals surface area contributed by atoms with E-state index >= 15 is 0 Å². The molecule has 1 atom stereocenters. The first kappa shape index (κ1) is 11.6. The maximum atomic E-state index is 5.45. The number of aryl methyl sites for hydroxylation is 1. The molecule has 0 radical (unpaired) electrons. The van der Waals surface area contributed by atoms with E-state index < -0.39 is 0 Å². The summed E-state index contributed by atoms with van der Waals surface area (Å²) >= 11 is 3.42. The van der Waals surface area contributed by atoms with Gasteiger partial charge in [0.2, 0.25) is 0 Å². The normalized spacial score (nSPS) is 13.1. The molecule has 0 aliphatic heterocycles. The van der Waals surface area contributed by atoms with Crippen LogP contribution in [0.15, 0.2) is 10.7 Å². The van der Waals surface area contributed by atoms with Crippen molar-refractivity contribution in [2.45, 2.75) is 13.0 Å². The molecule has 1 heterocycles. The zero-order chi connectivity index (χ0) is 10.6. The predicted molar refractivity (Wildman–Crippen MR) is 57.5 cm³/mol. The van der Waals surface area contributed by atoms with Gasteiger partial charge in [-0.05, 0) is 22.9 Å². The molecule has 0 saturated carbocycles. The van der Waals surface area contributed by atoms with Crippen molar-refractivity contribution in [1.29, 1.82) is 0 Å². The molecule has 0 bridgehead atoms. The monoisotopic (exact) mass is 262 g/mol. The maximum Gasteiger partial charge on any atom is 0.0873 e. The van der Waals surface area contributed by atoms with Crippen molar-refractivity contribution in [2.24, 2.45) is 12.9 Å². The van der Waals surface area contributed by atoms with Crippen LogP contribution in [0.2, 0.25) is 0 Å². The van der Waals surface area contributed by atoms with Crippen molar-refractivity contribution in [3.05, 3.63) is 16.4 Å². The molecular weight excluding hydrogens is 248 g/mol. The number of hydrazine groups is 1. The molecule has 0 spiro atoms. The number of ether oxygens (including phenoxy) is 1. The molecule has 0 amide bonds. The van der Waals surface area contributed by atoms with Crippen molar-refractivity contribution in [3.8, 4) is 0 Å². The molecule has 0 aliphatic rings. The average Bonchev–Trinajstić information content (AvgIpc) is 2.50. The van der Waals surface area contributed by atoms with E-state index in [1.54, 1.807) is 10.9 Å². The van der Waals surface area contributed by atoms with E-state index in [2.05, 4.69) is 26.5 Å². The van der Waals surface area contributed by atoms with Crippen molar-refractivity contribution in [2.75, 3.05) is 13.2 Å². The first-order chi connectivity index (χ1) is 6.70. The minimum Gasteiger partial charge on any atom is -0.380 e. The molecule has 0 fully saturated rings. The third-order valence-corrected chi connectivity index (χ3v) is 2.57. The Morgan fingerprint density at radius 2 is 2.50 bits per heavy atom. The van der Waals surface area contributed by atoms with E-state index in [-0.39, 0.29) is 6.04 Å². The zero-order valence-electron chi connectivity index (χ0n) is 8.33. The second-order valence-corrected chi connectivity index (χ2v) is 3.73. The minimum atomic E-state index is -0.0446. The molecule has 1 unspecified atom stereocenters. The van der Waals surface area contributed by atoms with Crippen LogP contribution in [0.1, 0.15) is 18.7 Å². The van der Waals surface area contributed by atoms with Gasteiger partial charge in [-0.1, -0.05) is 0 Å². The number of nitrogens with one attached hydrogen (secondary N) is 1. The third-order valence-electron chi connectivity index (χ3n) is 1.96. The number of hydrogen-bond acceptors (Lipinski definition) is 4. The van der Waals surface area contributed by atoms with Crippen LogP contribution in [0, 0.1) is 0 Å². The molecule has 1 aromatic heterocycles. The van der Waals surface area contributed by atoms with Crippen LogP contribution >= 0.6 is 15.9 Å². The van der Waals surface area contributed by atoms with Gasteiger partial charge in [0.15, 0.2) is 0 Å². The first-order valence-electron chi connectivity index (χ1n) is 4.42. The molecular formula is C8H15BrN4O. The summed E-state index contributed by atoms with van der Waals surface area (Å²) in [5.41, 5.74) is 3.69. The Balaban J connectivity index is 2.77. The molecule has 6 heteroatoms. The molecule has 1 aromatic rings. The summed E-state index contributed by atoms with van der Waals surface area (Å²) in [6.07, 6.45) is 1.74. The average molecular weight is 263 g/mol. The number of halogens is 1. The fraction of sp³-hybridized carbons (Fsp3) is 0.625. The Labute approximate surface area is 91.7 Å². The first-order valence-corrected chi connectivity index (χ1v) is 5.21. The maximum absolute atomic E-state index is 5.45. The number of nitrogens with zero attached hydrogens (tertiary/aromatic N) is 2. The summed E-state index contributed by atoms with van der Waals surface area (Å²) in [5.74, 6) is 5.45. The topological polar surface area (TPSA) is 65.1 Å². The summed E-state index contributed by atoms with van der Waals surface area (Å²) in [5, 5.41) is 4.11. The van der Waals surface area contributed by atoms with Crippen LogP contribution < -0.4 is 11.3 Å². The lowest BCUT2D eigenvalue weighted by atomic mass is 10.2. The molecule has 3 N–H and O–H groups in total. The van der Waals surface area contributed by atoms with Crippen molar-refractivity contribution in [3.63, 3.8) is 0 Å². The van der Waals surface area contributed by atoms with Gasteiger partial charge in [0.05, 0.1) is 29.0 Å². The predicted octanol–water partition coefficient (Wildman–Crippen LogP) is 0.724. The smallest absolute Gasteiger partial charge is 0.0873 e. The van der Waals surface area contributed by atoms with Crippen LogP contribution in [0.3, 0.4) is 0 Å². The highest BCUT2D eigenvalue weighted by molar-refractivity contribution is 9.10. The fourth-order valence-electron chi connectivity index (χ4n) is 1.25. The van der Waals surface area contributed by atoms with Crippen molar-refractivity contribution < 1.29 is 4.74 Å². The van der Waals surface area contributed by atoms with E-state index in [9.17, 15) is 0 Å². The lowest BCUT2D eigenvalue weighted by Gasteiger charge is -2.16. The highest BCUT2D eigenvalue weighted by Crippen LogP contribution is 2.22. The standard InChI is InChI=1S/C8H15BrN4O/c1-3-14-5-7(12-10)8-6(9)4-11-13(8)2/h4,7,12H,3,5,10H2,1-2H3. The van der Waals surface area contributed by atoms with E-state index in [0.717, 1.165) is 10.2 Å². The van der Waals surface area contributed by atoms with Gasteiger partial charge >= 0.3 is 0 Å². The summed E-state index contributed by atoms with van der Waals surface area (Å²) in [7, 11) is 1.87. The van der Waals surface area contributed by atoms with Gasteiger partial charge in [-0.15, -0.1) is 0 Å². The van der Waals surface area contributed by atoms with E-state index in [1.807, 2.05) is 14.0 Å². The lowest BCUT2D eigenvalue weighted by Crippen LogP contribution is -2.33. The number of hydrogen-bond donors (Lipinski definition) is 2. The second kappa shape index (κ2) is 5.45. The molecule has 0 aliphatic carbocycles. The van der Waals surface area contributed by atoms with E-state index in [1.165, 1.54) is 0 Å². The van der Waals surface area contributed by atoms with Gasteiger partial charge < -0.3 is 4.74 Å². The van der Waals surface area contributed by atoms with Crippen LogP contribution in [0.5, 0.6) is 0 Å². The molecule has 5 nitrogen and oxygen atoms in total. The fourth-order valence-corrected chi connectivity index (χ4v) is 1.88. The Hall–Kier alpha value is -0.430. The van der Waals surface area contributed by atoms with Gasteiger partial charge in [0.1, 0.15) is 0 Å². The van der Waals surface area contributed by atoms with Crippen LogP contribution in [0.4, 0.5) is 0 Å². The molecule has 80 valence electrons. The van der Waals surface area contributed by atoms with E-state index in [4.69, 9.17) is 10.6 Å². The summed E-state index contributed by atoms with van der Waals surface area (Å²) in [6.45, 7) is 3.16.